The first kappa shape index (κ1) is 7.79. The molecule has 0 amide bonds. The summed E-state index contributed by atoms with van der Waals surface area (Å²) in [7, 11) is 0. The van der Waals surface area contributed by atoms with Crippen molar-refractivity contribution in [2.24, 2.45) is 0 Å². The number of hydrogen-bond donors (Lipinski definition) is 2. The molecule has 2 N–H and O–H groups in total. The molecule has 0 bridgehead atoms. The van der Waals surface area contributed by atoms with Gasteiger partial charge in [0.05, 0.1) is 5.52 Å². The summed E-state index contributed by atoms with van der Waals surface area (Å²) in [6.07, 6.45) is 1.46. The number of hydrogen-bond acceptors (Lipinski definition) is 2. The average molecular weight is 176 g/mol. The number of carboxylic acid groups (broad SMARTS) is 1. The van der Waals surface area contributed by atoms with Crippen LogP contribution in [0.1, 0.15) is 16.1 Å². The summed E-state index contributed by atoms with van der Waals surface area (Å²) in [5.74, 6) is -0.954. The van der Waals surface area contributed by atoms with Crippen LogP contribution in [0.2, 0.25) is 0 Å². The van der Waals surface area contributed by atoms with Crippen molar-refractivity contribution < 1.29 is 9.90 Å². The number of aromatic nitrogens is 2. The highest BCUT2D eigenvalue weighted by Gasteiger charge is 2.10. The summed E-state index contributed by atoms with van der Waals surface area (Å²) >= 11 is 0. The van der Waals surface area contributed by atoms with Gasteiger partial charge in [0, 0.05) is 11.9 Å². The highest BCUT2D eigenvalue weighted by atomic mass is 16.4. The van der Waals surface area contributed by atoms with Crippen molar-refractivity contribution in [3.05, 3.63) is 29.6 Å². The monoisotopic (exact) mass is 176 g/mol. The van der Waals surface area contributed by atoms with E-state index in [4.69, 9.17) is 5.11 Å². The van der Waals surface area contributed by atoms with Gasteiger partial charge in [0.2, 0.25) is 0 Å². The second-order valence-corrected chi connectivity index (χ2v) is 2.86. The summed E-state index contributed by atoms with van der Waals surface area (Å²) in [5.41, 5.74) is 2.31. The average Bonchev–Trinajstić information content (AvgIpc) is 2.46. The fourth-order valence-electron chi connectivity index (χ4n) is 1.26. The lowest BCUT2D eigenvalue weighted by atomic mass is 10.2. The number of aromatic carboxylic acids is 1. The molecule has 0 aliphatic rings. The molecule has 0 atom stereocenters. The van der Waals surface area contributed by atoms with Gasteiger partial charge in [-0.1, -0.05) is 0 Å². The number of nitrogens with one attached hydrogen (secondary N) is 1. The number of rotatable bonds is 1. The molecule has 2 aromatic heterocycles. The smallest absolute Gasteiger partial charge is 0.339 e. The van der Waals surface area contributed by atoms with E-state index < -0.39 is 5.97 Å². The van der Waals surface area contributed by atoms with Crippen LogP contribution in [0.15, 0.2) is 18.3 Å². The predicted molar refractivity (Wildman–Crippen MR) is 47.8 cm³/mol. The molecule has 13 heavy (non-hydrogen) atoms. The van der Waals surface area contributed by atoms with E-state index in [0.717, 1.165) is 11.2 Å². The van der Waals surface area contributed by atoms with E-state index in [2.05, 4.69) is 9.97 Å². The third-order valence-electron chi connectivity index (χ3n) is 1.89. The maximum atomic E-state index is 10.7. The first-order valence-electron chi connectivity index (χ1n) is 3.86. The van der Waals surface area contributed by atoms with E-state index in [-0.39, 0.29) is 5.56 Å². The van der Waals surface area contributed by atoms with Crippen molar-refractivity contribution in [3.8, 4) is 0 Å². The minimum absolute atomic E-state index is 0.221. The van der Waals surface area contributed by atoms with Gasteiger partial charge in [-0.3, -0.25) is 4.98 Å². The summed E-state index contributed by atoms with van der Waals surface area (Å²) < 4.78 is 0. The van der Waals surface area contributed by atoms with Crippen LogP contribution in [0.5, 0.6) is 0 Å². The third-order valence-corrected chi connectivity index (χ3v) is 1.89. The number of nitrogens with zero attached hydrogens (tertiary/aromatic N) is 1. The molecule has 4 heteroatoms. The SMILES string of the molecule is Cc1ccc2[nH]cc(C(=O)O)c2n1. The first-order valence-corrected chi connectivity index (χ1v) is 3.86. The molecule has 0 fully saturated rings. The van der Waals surface area contributed by atoms with Gasteiger partial charge in [-0.25, -0.2) is 4.79 Å². The maximum Gasteiger partial charge on any atom is 0.339 e. The Morgan fingerprint density at radius 3 is 3.00 bits per heavy atom. The molecule has 0 radical (unpaired) electrons. The van der Waals surface area contributed by atoms with Crippen LogP contribution in [0.25, 0.3) is 11.0 Å². The molecule has 2 heterocycles. The van der Waals surface area contributed by atoms with Gasteiger partial charge in [-0.05, 0) is 19.1 Å². The number of H-pyrrole nitrogens is 1. The van der Waals surface area contributed by atoms with E-state index in [9.17, 15) is 4.79 Å². The maximum absolute atomic E-state index is 10.7. The molecule has 66 valence electrons. The van der Waals surface area contributed by atoms with Crippen molar-refractivity contribution >= 4 is 17.0 Å². The Hall–Kier alpha value is -1.84. The molecule has 0 saturated heterocycles. The minimum atomic E-state index is -0.954. The number of pyridine rings is 1. The summed E-state index contributed by atoms with van der Waals surface area (Å²) in [5, 5.41) is 8.80. The zero-order chi connectivity index (χ0) is 9.42. The van der Waals surface area contributed by atoms with Gasteiger partial charge in [-0.2, -0.15) is 0 Å². The van der Waals surface area contributed by atoms with Gasteiger partial charge < -0.3 is 10.1 Å². The van der Waals surface area contributed by atoms with Gasteiger partial charge in [0.15, 0.2) is 0 Å². The van der Waals surface area contributed by atoms with Crippen molar-refractivity contribution in [2.75, 3.05) is 0 Å². The van der Waals surface area contributed by atoms with Crippen LogP contribution in [0.4, 0.5) is 0 Å². The van der Waals surface area contributed by atoms with Crippen LogP contribution >= 0.6 is 0 Å². The zero-order valence-electron chi connectivity index (χ0n) is 7.03. The van der Waals surface area contributed by atoms with Crippen molar-refractivity contribution in [1.29, 1.82) is 0 Å². The molecular formula is C9H8N2O2. The summed E-state index contributed by atoms with van der Waals surface area (Å²) in [4.78, 5) is 17.7. The van der Waals surface area contributed by atoms with Crippen molar-refractivity contribution in [3.63, 3.8) is 0 Å². The van der Waals surface area contributed by atoms with Gasteiger partial charge in [0.1, 0.15) is 11.1 Å². The molecule has 0 aliphatic carbocycles. The lowest BCUT2D eigenvalue weighted by Crippen LogP contribution is -1.95. The van der Waals surface area contributed by atoms with Crippen molar-refractivity contribution in [2.45, 2.75) is 6.92 Å². The van der Waals surface area contributed by atoms with Gasteiger partial charge in [0.25, 0.3) is 0 Å². The van der Waals surface area contributed by atoms with Crippen molar-refractivity contribution in [1.82, 2.24) is 9.97 Å². The Morgan fingerprint density at radius 1 is 1.54 bits per heavy atom. The quantitative estimate of drug-likeness (QED) is 0.693. The predicted octanol–water partition coefficient (Wildman–Crippen LogP) is 1.57. The number of carbonyl (C=O) groups is 1. The Labute approximate surface area is 74.2 Å². The lowest BCUT2D eigenvalue weighted by Gasteiger charge is -1.93. The molecular weight excluding hydrogens is 168 g/mol. The lowest BCUT2D eigenvalue weighted by molar-refractivity contribution is 0.0699. The van der Waals surface area contributed by atoms with Crippen LogP contribution in [0.3, 0.4) is 0 Å². The molecule has 2 aromatic rings. The van der Waals surface area contributed by atoms with Gasteiger partial charge >= 0.3 is 5.97 Å². The van der Waals surface area contributed by atoms with E-state index in [0.29, 0.717) is 5.52 Å². The van der Waals surface area contributed by atoms with Crippen LogP contribution < -0.4 is 0 Å². The van der Waals surface area contributed by atoms with Crippen LogP contribution in [-0.4, -0.2) is 21.0 Å². The molecule has 0 aromatic carbocycles. The van der Waals surface area contributed by atoms with E-state index in [1.165, 1.54) is 6.20 Å². The summed E-state index contributed by atoms with van der Waals surface area (Å²) in [6.45, 7) is 1.83. The number of aromatic amines is 1. The highest BCUT2D eigenvalue weighted by Crippen LogP contribution is 2.15. The molecule has 2 rings (SSSR count). The summed E-state index contributed by atoms with van der Waals surface area (Å²) in [6, 6.07) is 3.66. The topological polar surface area (TPSA) is 66.0 Å². The Balaban J connectivity index is 2.79. The molecule has 0 spiro atoms. The van der Waals surface area contributed by atoms with E-state index in [1.54, 1.807) is 0 Å². The van der Waals surface area contributed by atoms with E-state index in [1.807, 2.05) is 19.1 Å². The molecule has 0 aliphatic heterocycles. The second-order valence-electron chi connectivity index (χ2n) is 2.86. The molecule has 0 saturated carbocycles. The van der Waals surface area contributed by atoms with Crippen LogP contribution in [-0.2, 0) is 0 Å². The molecule has 4 nitrogen and oxygen atoms in total. The number of carboxylic acids is 1. The van der Waals surface area contributed by atoms with Crippen LogP contribution in [0, 0.1) is 6.92 Å². The fourth-order valence-corrected chi connectivity index (χ4v) is 1.26. The minimum Gasteiger partial charge on any atom is -0.478 e. The fraction of sp³-hybridized carbons (Fsp3) is 0.111. The number of fused-ring (bicyclic) bond motifs is 1. The highest BCUT2D eigenvalue weighted by molar-refractivity contribution is 6.01. The normalized spacial score (nSPS) is 10.5. The van der Waals surface area contributed by atoms with Gasteiger partial charge in [-0.15, -0.1) is 0 Å². The standard InChI is InChI=1S/C9H8N2O2/c1-5-2-3-7-8(11-5)6(4-10-7)9(12)13/h2-4,10H,1H3,(H,12,13). The third kappa shape index (κ3) is 1.16. The molecule has 0 unspecified atom stereocenters. The first-order chi connectivity index (χ1) is 6.18. The zero-order valence-corrected chi connectivity index (χ0v) is 7.03. The van der Waals surface area contributed by atoms with E-state index >= 15 is 0 Å². The Bertz CT molecular complexity index is 473. The Kier molecular flexibility index (Phi) is 1.55. The Morgan fingerprint density at radius 2 is 2.31 bits per heavy atom. The largest absolute Gasteiger partial charge is 0.478 e. The number of aryl methyl sites for hydroxylation is 1. The second kappa shape index (κ2) is 2.58.